The number of hydrogen-bond donors (Lipinski definition) is 1. The van der Waals surface area contributed by atoms with E-state index in [1.165, 1.54) is 36.4 Å². The fraction of sp³-hybridized carbons (Fsp3) is 0.278. The number of ether oxygens (including phenoxy) is 2. The summed E-state index contributed by atoms with van der Waals surface area (Å²) in [6.07, 6.45) is 0. The first kappa shape index (κ1) is 19.3. The number of carbonyl (C=O) groups excluding carboxylic acids is 1. The van der Waals surface area contributed by atoms with Crippen molar-refractivity contribution >= 4 is 21.7 Å². The van der Waals surface area contributed by atoms with Gasteiger partial charge in [-0.25, -0.2) is 22.7 Å². The van der Waals surface area contributed by atoms with E-state index in [0.717, 1.165) is 0 Å². The van der Waals surface area contributed by atoms with E-state index in [1.54, 1.807) is 6.07 Å². The highest BCUT2D eigenvalue weighted by Gasteiger charge is 2.22. The summed E-state index contributed by atoms with van der Waals surface area (Å²) in [5.74, 6) is -1.15. The molecule has 3 rings (SSSR count). The first-order valence-corrected chi connectivity index (χ1v) is 9.80. The fourth-order valence-corrected chi connectivity index (χ4v) is 3.33. The van der Waals surface area contributed by atoms with Gasteiger partial charge in [-0.15, -0.1) is 0 Å². The lowest BCUT2D eigenvalue weighted by Gasteiger charge is -2.30. The molecule has 1 aliphatic heterocycles. The van der Waals surface area contributed by atoms with Gasteiger partial charge >= 0.3 is 5.97 Å². The smallest absolute Gasteiger partial charge is 0.340 e. The molecule has 9 heteroatoms. The Kier molecular flexibility index (Phi) is 5.73. The van der Waals surface area contributed by atoms with E-state index >= 15 is 0 Å². The topological polar surface area (TPSA) is 98.9 Å². The lowest BCUT2D eigenvalue weighted by molar-refractivity contribution is 0.0472. The van der Waals surface area contributed by atoms with E-state index in [0.29, 0.717) is 37.6 Å². The second-order valence-corrected chi connectivity index (χ2v) is 7.59. The van der Waals surface area contributed by atoms with Crippen LogP contribution in [0.5, 0.6) is 0 Å². The standard InChI is InChI=1S/C18H19FN2O5S/c19-14-3-1-2-13(10-14)12-26-18(22)16-11-15(27(20,23)24)4-5-17(16)21-6-8-25-9-7-21/h1-5,10-11H,6-9,12H2,(H2,20,23,24). The predicted molar refractivity (Wildman–Crippen MR) is 96.4 cm³/mol. The van der Waals surface area contributed by atoms with E-state index in [9.17, 15) is 17.6 Å². The molecule has 1 fully saturated rings. The number of primary sulfonamides is 1. The van der Waals surface area contributed by atoms with Crippen LogP contribution < -0.4 is 10.0 Å². The van der Waals surface area contributed by atoms with Gasteiger partial charge in [0, 0.05) is 13.1 Å². The number of nitrogens with zero attached hydrogens (tertiary/aromatic N) is 1. The summed E-state index contributed by atoms with van der Waals surface area (Å²) in [5, 5.41) is 5.18. The molecular weight excluding hydrogens is 375 g/mol. The van der Waals surface area contributed by atoms with Crippen molar-refractivity contribution < 1.29 is 27.1 Å². The van der Waals surface area contributed by atoms with Crippen LogP contribution in [-0.4, -0.2) is 40.7 Å². The summed E-state index contributed by atoms with van der Waals surface area (Å²) in [7, 11) is -3.98. The summed E-state index contributed by atoms with van der Waals surface area (Å²) in [4.78, 5) is 14.4. The van der Waals surface area contributed by atoms with Crippen LogP contribution in [0.15, 0.2) is 47.4 Å². The Bertz CT molecular complexity index is 943. The Hall–Kier alpha value is -2.49. The van der Waals surface area contributed by atoms with Crippen molar-refractivity contribution in [1.29, 1.82) is 0 Å². The molecule has 0 aliphatic carbocycles. The van der Waals surface area contributed by atoms with Gasteiger partial charge in [0.2, 0.25) is 10.0 Å². The maximum absolute atomic E-state index is 13.3. The summed E-state index contributed by atoms with van der Waals surface area (Å²) < 4.78 is 47.2. The Morgan fingerprint density at radius 2 is 1.93 bits per heavy atom. The molecule has 1 aliphatic rings. The number of carbonyl (C=O) groups is 1. The lowest BCUT2D eigenvalue weighted by Crippen LogP contribution is -2.37. The molecule has 0 radical (unpaired) electrons. The van der Waals surface area contributed by atoms with Crippen LogP contribution in [-0.2, 0) is 26.1 Å². The third-order valence-electron chi connectivity index (χ3n) is 4.13. The SMILES string of the molecule is NS(=O)(=O)c1ccc(N2CCOCC2)c(C(=O)OCc2cccc(F)c2)c1. The molecule has 2 aromatic carbocycles. The van der Waals surface area contributed by atoms with E-state index < -0.39 is 21.8 Å². The van der Waals surface area contributed by atoms with E-state index in [2.05, 4.69) is 0 Å². The van der Waals surface area contributed by atoms with Crippen LogP contribution in [0, 0.1) is 5.82 Å². The van der Waals surface area contributed by atoms with Crippen molar-refractivity contribution in [3.05, 3.63) is 59.4 Å². The van der Waals surface area contributed by atoms with Crippen LogP contribution in [0.4, 0.5) is 10.1 Å². The van der Waals surface area contributed by atoms with Crippen LogP contribution >= 0.6 is 0 Å². The lowest BCUT2D eigenvalue weighted by atomic mass is 10.1. The number of morpholine rings is 1. The minimum Gasteiger partial charge on any atom is -0.457 e. The molecule has 0 saturated carbocycles. The van der Waals surface area contributed by atoms with Crippen molar-refractivity contribution in [2.24, 2.45) is 5.14 Å². The molecule has 0 aromatic heterocycles. The normalized spacial score (nSPS) is 14.8. The van der Waals surface area contributed by atoms with Gasteiger partial charge in [0.1, 0.15) is 12.4 Å². The van der Waals surface area contributed by atoms with E-state index in [4.69, 9.17) is 14.6 Å². The summed E-state index contributed by atoms with van der Waals surface area (Å²) in [6.45, 7) is 1.96. The fourth-order valence-electron chi connectivity index (χ4n) is 2.79. The Morgan fingerprint density at radius 1 is 1.19 bits per heavy atom. The minimum atomic E-state index is -3.98. The molecule has 0 bridgehead atoms. The highest BCUT2D eigenvalue weighted by atomic mass is 32.2. The maximum Gasteiger partial charge on any atom is 0.340 e. The highest BCUT2D eigenvalue weighted by Crippen LogP contribution is 2.26. The van der Waals surface area contributed by atoms with Gasteiger partial charge in [-0.3, -0.25) is 0 Å². The molecule has 0 atom stereocenters. The number of esters is 1. The van der Waals surface area contributed by atoms with Gasteiger partial charge in [-0.05, 0) is 35.9 Å². The van der Waals surface area contributed by atoms with Crippen molar-refractivity contribution in [2.45, 2.75) is 11.5 Å². The highest BCUT2D eigenvalue weighted by molar-refractivity contribution is 7.89. The number of hydrogen-bond acceptors (Lipinski definition) is 6. The van der Waals surface area contributed by atoms with Crippen molar-refractivity contribution in [2.75, 3.05) is 31.2 Å². The zero-order chi connectivity index (χ0) is 19.4. The number of anilines is 1. The van der Waals surface area contributed by atoms with Crippen LogP contribution in [0.1, 0.15) is 15.9 Å². The third kappa shape index (κ3) is 4.82. The average Bonchev–Trinajstić information content (AvgIpc) is 2.65. The molecule has 0 unspecified atom stereocenters. The first-order chi connectivity index (χ1) is 12.8. The Morgan fingerprint density at radius 3 is 2.59 bits per heavy atom. The van der Waals surface area contributed by atoms with Crippen molar-refractivity contribution in [3.63, 3.8) is 0 Å². The molecular formula is C18H19FN2O5S. The van der Waals surface area contributed by atoms with Crippen LogP contribution in [0.25, 0.3) is 0 Å². The molecule has 7 nitrogen and oxygen atoms in total. The first-order valence-electron chi connectivity index (χ1n) is 8.26. The quantitative estimate of drug-likeness (QED) is 0.775. The van der Waals surface area contributed by atoms with Crippen molar-refractivity contribution in [3.8, 4) is 0 Å². The van der Waals surface area contributed by atoms with E-state index in [-0.39, 0.29) is 17.1 Å². The molecule has 27 heavy (non-hydrogen) atoms. The Labute approximate surface area is 156 Å². The number of benzene rings is 2. The van der Waals surface area contributed by atoms with E-state index in [1.807, 2.05) is 4.90 Å². The molecule has 0 amide bonds. The third-order valence-corrected chi connectivity index (χ3v) is 5.04. The molecule has 1 heterocycles. The minimum absolute atomic E-state index is 0.0832. The van der Waals surface area contributed by atoms with Gasteiger partial charge in [-0.1, -0.05) is 12.1 Å². The molecule has 0 spiro atoms. The second kappa shape index (κ2) is 8.03. The van der Waals surface area contributed by atoms with Gasteiger partial charge in [0.25, 0.3) is 0 Å². The van der Waals surface area contributed by atoms with Gasteiger partial charge in [0.05, 0.1) is 29.4 Å². The number of sulfonamides is 1. The molecule has 2 aromatic rings. The zero-order valence-corrected chi connectivity index (χ0v) is 15.2. The molecule has 1 saturated heterocycles. The molecule has 144 valence electrons. The number of rotatable bonds is 5. The molecule has 2 N–H and O–H groups in total. The number of halogens is 1. The van der Waals surface area contributed by atoms with Crippen molar-refractivity contribution in [1.82, 2.24) is 0 Å². The average molecular weight is 394 g/mol. The summed E-state index contributed by atoms with van der Waals surface area (Å²) in [5.41, 5.74) is 1.11. The number of nitrogens with two attached hydrogens (primary N) is 1. The Balaban J connectivity index is 1.88. The largest absolute Gasteiger partial charge is 0.457 e. The van der Waals surface area contributed by atoms with Crippen LogP contribution in [0.3, 0.4) is 0 Å². The zero-order valence-electron chi connectivity index (χ0n) is 14.4. The summed E-state index contributed by atoms with van der Waals surface area (Å²) >= 11 is 0. The second-order valence-electron chi connectivity index (χ2n) is 6.03. The predicted octanol–water partition coefficient (Wildman–Crippen LogP) is 1.67. The van der Waals surface area contributed by atoms with Crippen LogP contribution in [0.2, 0.25) is 0 Å². The van der Waals surface area contributed by atoms with Gasteiger partial charge in [-0.2, -0.15) is 0 Å². The maximum atomic E-state index is 13.3. The van der Waals surface area contributed by atoms with Gasteiger partial charge < -0.3 is 14.4 Å². The van der Waals surface area contributed by atoms with Gasteiger partial charge in [0.15, 0.2) is 0 Å². The summed E-state index contributed by atoms with van der Waals surface area (Å²) in [6, 6.07) is 9.77. The monoisotopic (exact) mass is 394 g/mol.